The van der Waals surface area contributed by atoms with Crippen LogP contribution in [0.5, 0.6) is 0 Å². The zero-order chi connectivity index (χ0) is 15.0. The summed E-state index contributed by atoms with van der Waals surface area (Å²) in [5.74, 6) is -1.22. The number of carboxylic acid groups (broad SMARTS) is 1. The van der Waals surface area contributed by atoms with Gasteiger partial charge in [-0.2, -0.15) is 0 Å². The summed E-state index contributed by atoms with van der Waals surface area (Å²) >= 11 is 4.91. The molecule has 2 unspecified atom stereocenters. The molecule has 20 heavy (non-hydrogen) atoms. The maximum atomic E-state index is 12.1. The molecule has 7 heteroatoms. The summed E-state index contributed by atoms with van der Waals surface area (Å²) in [7, 11) is 0. The standard InChI is InChI=1S/C13H16BrNO4S/c1-6(2)15-10(16)5-19-12(13(17)18)11(15)9-4-8(14)7(3)20-9/h4,6,11-12H,5H2,1-3H3,(H,17,18). The summed E-state index contributed by atoms with van der Waals surface area (Å²) < 4.78 is 6.17. The molecule has 0 saturated carbocycles. The molecule has 1 aliphatic rings. The number of amides is 1. The van der Waals surface area contributed by atoms with E-state index in [9.17, 15) is 14.7 Å². The number of nitrogens with zero attached hydrogens (tertiary/aromatic N) is 1. The second kappa shape index (κ2) is 5.83. The Kier molecular flexibility index (Phi) is 4.51. The molecule has 0 radical (unpaired) electrons. The maximum absolute atomic E-state index is 12.1. The summed E-state index contributed by atoms with van der Waals surface area (Å²) in [5.41, 5.74) is 0. The van der Waals surface area contributed by atoms with Gasteiger partial charge >= 0.3 is 5.97 Å². The van der Waals surface area contributed by atoms with Gasteiger partial charge in [0.1, 0.15) is 12.6 Å². The first-order chi connectivity index (χ1) is 9.32. The summed E-state index contributed by atoms with van der Waals surface area (Å²) in [6.45, 7) is 5.52. The number of aryl methyl sites for hydroxylation is 1. The van der Waals surface area contributed by atoms with Crippen molar-refractivity contribution >= 4 is 39.1 Å². The van der Waals surface area contributed by atoms with E-state index in [2.05, 4.69) is 15.9 Å². The largest absolute Gasteiger partial charge is 0.479 e. The summed E-state index contributed by atoms with van der Waals surface area (Å²) in [6, 6.07) is 1.21. The van der Waals surface area contributed by atoms with Crippen LogP contribution >= 0.6 is 27.3 Å². The van der Waals surface area contributed by atoms with Crippen molar-refractivity contribution in [1.82, 2.24) is 4.90 Å². The Balaban J connectivity index is 2.48. The number of carbonyl (C=O) groups excluding carboxylic acids is 1. The Morgan fingerprint density at radius 2 is 2.25 bits per heavy atom. The molecule has 5 nitrogen and oxygen atoms in total. The van der Waals surface area contributed by atoms with Crippen LogP contribution in [-0.2, 0) is 14.3 Å². The van der Waals surface area contributed by atoms with Crippen molar-refractivity contribution in [1.29, 1.82) is 0 Å². The highest BCUT2D eigenvalue weighted by molar-refractivity contribution is 9.10. The van der Waals surface area contributed by atoms with E-state index in [0.717, 1.165) is 14.2 Å². The number of hydrogen-bond donors (Lipinski definition) is 1. The quantitative estimate of drug-likeness (QED) is 0.898. The lowest BCUT2D eigenvalue weighted by molar-refractivity contribution is -0.175. The second-order valence-electron chi connectivity index (χ2n) is 4.96. The van der Waals surface area contributed by atoms with Crippen LogP contribution in [0.4, 0.5) is 0 Å². The average molecular weight is 362 g/mol. The second-order valence-corrected chi connectivity index (χ2v) is 7.10. The summed E-state index contributed by atoms with van der Waals surface area (Å²) in [5, 5.41) is 9.36. The van der Waals surface area contributed by atoms with E-state index in [0.29, 0.717) is 0 Å². The highest BCUT2D eigenvalue weighted by atomic mass is 79.9. The van der Waals surface area contributed by atoms with Crippen molar-refractivity contribution in [3.8, 4) is 0 Å². The molecule has 0 bridgehead atoms. The van der Waals surface area contributed by atoms with Gasteiger partial charge in [0.25, 0.3) is 0 Å². The van der Waals surface area contributed by atoms with E-state index in [-0.39, 0.29) is 18.6 Å². The normalized spacial score (nSPS) is 23.4. The molecular formula is C13H16BrNO4S. The third-order valence-electron chi connectivity index (χ3n) is 3.23. The predicted octanol–water partition coefficient (Wildman–Crippen LogP) is 2.58. The van der Waals surface area contributed by atoms with Crippen LogP contribution in [0.2, 0.25) is 0 Å². The molecule has 1 fully saturated rings. The lowest BCUT2D eigenvalue weighted by atomic mass is 10.0. The van der Waals surface area contributed by atoms with Crippen molar-refractivity contribution < 1.29 is 19.4 Å². The fourth-order valence-electron chi connectivity index (χ4n) is 2.36. The van der Waals surface area contributed by atoms with Gasteiger partial charge < -0.3 is 14.7 Å². The van der Waals surface area contributed by atoms with E-state index >= 15 is 0 Å². The Morgan fingerprint density at radius 1 is 1.60 bits per heavy atom. The molecular weight excluding hydrogens is 346 g/mol. The van der Waals surface area contributed by atoms with Crippen molar-refractivity contribution in [3.05, 3.63) is 20.3 Å². The van der Waals surface area contributed by atoms with Gasteiger partial charge in [0.15, 0.2) is 6.10 Å². The number of carbonyl (C=O) groups is 2. The number of hydrogen-bond acceptors (Lipinski definition) is 4. The highest BCUT2D eigenvalue weighted by Gasteiger charge is 2.43. The Hall–Kier alpha value is -0.920. The summed E-state index contributed by atoms with van der Waals surface area (Å²) in [6.07, 6.45) is -1.03. The molecule has 1 saturated heterocycles. The van der Waals surface area contributed by atoms with Crippen molar-refractivity contribution in [2.24, 2.45) is 0 Å². The Morgan fingerprint density at radius 3 is 2.70 bits per heavy atom. The van der Waals surface area contributed by atoms with Crippen LogP contribution in [0.3, 0.4) is 0 Å². The topological polar surface area (TPSA) is 66.8 Å². The van der Waals surface area contributed by atoms with Crippen LogP contribution in [0.1, 0.15) is 29.6 Å². The fourth-order valence-corrected chi connectivity index (χ4v) is 4.04. The van der Waals surface area contributed by atoms with Crippen LogP contribution in [0.25, 0.3) is 0 Å². The molecule has 110 valence electrons. The molecule has 2 rings (SSSR count). The van der Waals surface area contributed by atoms with Gasteiger partial charge in [0, 0.05) is 20.3 Å². The van der Waals surface area contributed by atoms with Crippen LogP contribution < -0.4 is 0 Å². The number of carboxylic acids is 1. The van der Waals surface area contributed by atoms with Crippen LogP contribution in [0.15, 0.2) is 10.5 Å². The van der Waals surface area contributed by atoms with Gasteiger partial charge in [0.2, 0.25) is 5.91 Å². The van der Waals surface area contributed by atoms with E-state index in [4.69, 9.17) is 4.74 Å². The number of morpholine rings is 1. The van der Waals surface area contributed by atoms with Gasteiger partial charge in [-0.15, -0.1) is 11.3 Å². The minimum absolute atomic E-state index is 0.0839. The molecule has 1 aliphatic heterocycles. The van der Waals surface area contributed by atoms with E-state index < -0.39 is 18.1 Å². The molecule has 0 spiro atoms. The van der Waals surface area contributed by atoms with Gasteiger partial charge in [-0.05, 0) is 42.8 Å². The number of halogens is 1. The SMILES string of the molecule is Cc1sc(C2C(C(=O)O)OCC(=O)N2C(C)C)cc1Br. The third-order valence-corrected chi connectivity index (χ3v) is 5.44. The van der Waals surface area contributed by atoms with Gasteiger partial charge in [-0.25, -0.2) is 4.79 Å². The molecule has 2 atom stereocenters. The third kappa shape index (κ3) is 2.75. The smallest absolute Gasteiger partial charge is 0.335 e. The lowest BCUT2D eigenvalue weighted by Crippen LogP contribution is -2.54. The monoisotopic (exact) mass is 361 g/mol. The van der Waals surface area contributed by atoms with Crippen LogP contribution in [0, 0.1) is 6.92 Å². The first-order valence-corrected chi connectivity index (χ1v) is 7.85. The first-order valence-electron chi connectivity index (χ1n) is 6.24. The van der Waals surface area contributed by atoms with Crippen molar-refractivity contribution in [2.75, 3.05) is 6.61 Å². The lowest BCUT2D eigenvalue weighted by Gasteiger charge is -2.41. The van der Waals surface area contributed by atoms with E-state index in [1.54, 1.807) is 4.90 Å². The molecule has 0 aromatic carbocycles. The van der Waals surface area contributed by atoms with Crippen molar-refractivity contribution in [2.45, 2.75) is 39.0 Å². The Bertz CT molecular complexity index is 523. The van der Waals surface area contributed by atoms with Crippen molar-refractivity contribution in [3.63, 3.8) is 0 Å². The van der Waals surface area contributed by atoms with Gasteiger partial charge in [-0.3, -0.25) is 4.79 Å². The van der Waals surface area contributed by atoms with Gasteiger partial charge in [0.05, 0.1) is 0 Å². The van der Waals surface area contributed by atoms with E-state index in [1.165, 1.54) is 11.3 Å². The molecule has 1 N–H and O–H groups in total. The predicted molar refractivity (Wildman–Crippen MR) is 78.9 cm³/mol. The average Bonchev–Trinajstić information content (AvgIpc) is 2.68. The van der Waals surface area contributed by atoms with Crippen LogP contribution in [-0.4, -0.2) is 40.6 Å². The molecule has 0 aliphatic carbocycles. The number of aliphatic carboxylic acids is 1. The highest BCUT2D eigenvalue weighted by Crippen LogP contribution is 2.38. The maximum Gasteiger partial charge on any atom is 0.335 e. The zero-order valence-corrected chi connectivity index (χ0v) is 13.8. The minimum Gasteiger partial charge on any atom is -0.479 e. The Labute approximate surface area is 129 Å². The first kappa shape index (κ1) is 15.5. The number of ether oxygens (including phenoxy) is 1. The molecule has 1 aromatic heterocycles. The molecule has 1 aromatic rings. The zero-order valence-electron chi connectivity index (χ0n) is 11.4. The fraction of sp³-hybridized carbons (Fsp3) is 0.538. The van der Waals surface area contributed by atoms with E-state index in [1.807, 2.05) is 26.8 Å². The molecule has 2 heterocycles. The number of rotatable bonds is 3. The molecule has 1 amide bonds. The minimum atomic E-state index is -1.05. The van der Waals surface area contributed by atoms with Gasteiger partial charge in [-0.1, -0.05) is 0 Å². The number of thiophene rings is 1. The summed E-state index contributed by atoms with van der Waals surface area (Å²) in [4.78, 5) is 27.0.